The molecule has 1 aliphatic carbocycles. The number of halogens is 5. The van der Waals surface area contributed by atoms with Gasteiger partial charge in [-0.3, -0.25) is 24.1 Å². The van der Waals surface area contributed by atoms with Gasteiger partial charge in [0.15, 0.2) is 0 Å². The minimum absolute atomic E-state index is 0.198. The van der Waals surface area contributed by atoms with Gasteiger partial charge in [-0.15, -0.1) is 6.42 Å². The zero-order valence-electron chi connectivity index (χ0n) is 19.1. The third kappa shape index (κ3) is 5.58. The van der Waals surface area contributed by atoms with Gasteiger partial charge < -0.3 is 15.5 Å². The van der Waals surface area contributed by atoms with Gasteiger partial charge in [-0.25, -0.2) is 0 Å². The Morgan fingerprint density at radius 2 is 1.72 bits per heavy atom. The van der Waals surface area contributed by atoms with Crippen LogP contribution in [0.4, 0.5) is 33.3 Å². The lowest BCUT2D eigenvalue weighted by Crippen LogP contribution is -2.55. The van der Waals surface area contributed by atoms with Crippen molar-refractivity contribution < 1.29 is 41.1 Å². The molecule has 0 spiro atoms. The first-order chi connectivity index (χ1) is 16.8. The highest BCUT2D eigenvalue weighted by atomic mass is 19.4. The van der Waals surface area contributed by atoms with Crippen LogP contribution in [-0.2, 0) is 19.2 Å². The highest BCUT2D eigenvalue weighted by molar-refractivity contribution is 6.10. The van der Waals surface area contributed by atoms with Crippen molar-refractivity contribution in [3.05, 3.63) is 24.3 Å². The number of rotatable bonds is 7. The standard InChI is InChI=1S/C23H23F5N4O4/c1-3-10-31-16-6-4-5-7-17(16)32(20(35)14-8-9-14)11-15(21(31)36)30-19(34)13(2)18(33)29-12-22(24,25)23(26,27)28/h1,4-7,13-15H,8-12H2,2H3,(H,29,33)(H,30,34)/t13?,15-/m0/s1. The van der Waals surface area contributed by atoms with Crippen molar-refractivity contribution in [2.75, 3.05) is 29.4 Å². The maximum Gasteiger partial charge on any atom is 0.455 e. The first-order valence-corrected chi connectivity index (χ1v) is 11.0. The summed E-state index contributed by atoms with van der Waals surface area (Å²) in [5.41, 5.74) is 0.737. The zero-order valence-corrected chi connectivity index (χ0v) is 19.1. The fraction of sp³-hybridized carbons (Fsp3) is 0.478. The molecule has 3 rings (SSSR count). The highest BCUT2D eigenvalue weighted by Crippen LogP contribution is 2.38. The monoisotopic (exact) mass is 514 g/mol. The van der Waals surface area contributed by atoms with Crippen molar-refractivity contribution in [2.45, 2.75) is 37.9 Å². The molecule has 8 nitrogen and oxygen atoms in total. The van der Waals surface area contributed by atoms with E-state index >= 15 is 0 Å². The SMILES string of the molecule is C#CCN1C(=O)[C@@H](NC(=O)C(C)C(=O)NCC(F)(F)C(F)(F)F)CN(C(=O)C2CC2)c2ccccc21. The van der Waals surface area contributed by atoms with Crippen LogP contribution in [-0.4, -0.2) is 61.4 Å². The Morgan fingerprint density at radius 3 is 2.28 bits per heavy atom. The number of carbonyl (C=O) groups excluding carboxylic acids is 4. The van der Waals surface area contributed by atoms with Crippen molar-refractivity contribution >= 4 is 35.0 Å². The zero-order chi connectivity index (χ0) is 26.8. The van der Waals surface area contributed by atoms with E-state index in [9.17, 15) is 41.1 Å². The molecule has 1 aromatic carbocycles. The van der Waals surface area contributed by atoms with E-state index in [0.717, 1.165) is 6.92 Å². The van der Waals surface area contributed by atoms with Gasteiger partial charge in [0, 0.05) is 5.92 Å². The fourth-order valence-electron chi connectivity index (χ4n) is 3.57. The first-order valence-electron chi connectivity index (χ1n) is 11.0. The van der Waals surface area contributed by atoms with E-state index in [1.165, 1.54) is 15.1 Å². The minimum atomic E-state index is -5.88. The molecule has 0 saturated heterocycles. The molecule has 4 amide bonds. The van der Waals surface area contributed by atoms with E-state index in [0.29, 0.717) is 24.2 Å². The van der Waals surface area contributed by atoms with Crippen LogP contribution in [0.1, 0.15) is 19.8 Å². The van der Waals surface area contributed by atoms with Crippen LogP contribution in [0.3, 0.4) is 0 Å². The summed E-state index contributed by atoms with van der Waals surface area (Å²) < 4.78 is 63.3. The molecule has 36 heavy (non-hydrogen) atoms. The number of alkyl halides is 5. The second kappa shape index (κ2) is 10.1. The molecule has 0 aromatic heterocycles. The number of benzene rings is 1. The molecule has 2 N–H and O–H groups in total. The maximum absolute atomic E-state index is 13.3. The van der Waals surface area contributed by atoms with Gasteiger partial charge in [0.2, 0.25) is 17.7 Å². The average Bonchev–Trinajstić information content (AvgIpc) is 3.67. The van der Waals surface area contributed by atoms with Crippen molar-refractivity contribution in [1.29, 1.82) is 0 Å². The van der Waals surface area contributed by atoms with Crippen LogP contribution >= 0.6 is 0 Å². The molecule has 1 heterocycles. The smallest absolute Gasteiger partial charge is 0.349 e. The molecule has 1 unspecified atom stereocenters. The summed E-state index contributed by atoms with van der Waals surface area (Å²) in [6.45, 7) is -1.56. The summed E-state index contributed by atoms with van der Waals surface area (Å²) in [4.78, 5) is 53.6. The van der Waals surface area contributed by atoms with Crippen LogP contribution in [0.5, 0.6) is 0 Å². The average molecular weight is 514 g/mol. The second-order valence-corrected chi connectivity index (χ2v) is 8.54. The molecule has 1 saturated carbocycles. The molecule has 0 bridgehead atoms. The predicted octanol–water partition coefficient (Wildman–Crippen LogP) is 1.84. The topological polar surface area (TPSA) is 98.8 Å². The van der Waals surface area contributed by atoms with E-state index in [1.807, 2.05) is 0 Å². The second-order valence-electron chi connectivity index (χ2n) is 8.54. The van der Waals surface area contributed by atoms with E-state index in [-0.39, 0.29) is 24.9 Å². The Hall–Kier alpha value is -3.69. The van der Waals surface area contributed by atoms with E-state index in [4.69, 9.17) is 6.42 Å². The Bertz CT molecular complexity index is 1100. The van der Waals surface area contributed by atoms with Crippen LogP contribution in [0.15, 0.2) is 24.3 Å². The normalized spacial score (nSPS) is 19.0. The molecular formula is C23H23F5N4O4. The molecule has 1 aliphatic heterocycles. The van der Waals surface area contributed by atoms with Crippen molar-refractivity contribution in [2.24, 2.45) is 11.8 Å². The van der Waals surface area contributed by atoms with Crippen molar-refractivity contribution in [3.8, 4) is 12.3 Å². The van der Waals surface area contributed by atoms with Gasteiger partial charge in [-0.1, -0.05) is 18.1 Å². The van der Waals surface area contributed by atoms with Crippen LogP contribution < -0.4 is 20.4 Å². The summed E-state index contributed by atoms with van der Waals surface area (Å²) in [5, 5.41) is 3.73. The van der Waals surface area contributed by atoms with Gasteiger partial charge in [0.05, 0.1) is 31.0 Å². The number of terminal acetylenes is 1. The molecule has 0 radical (unpaired) electrons. The Kier molecular flexibility index (Phi) is 7.56. The van der Waals surface area contributed by atoms with Crippen LogP contribution in [0.2, 0.25) is 0 Å². The lowest BCUT2D eigenvalue weighted by Gasteiger charge is -2.26. The molecule has 2 aliphatic rings. The molecular weight excluding hydrogens is 491 g/mol. The van der Waals surface area contributed by atoms with Gasteiger partial charge in [-0.05, 0) is 31.9 Å². The summed E-state index contributed by atoms with van der Waals surface area (Å²) in [7, 11) is 0. The minimum Gasteiger partial charge on any atom is -0.349 e. The first kappa shape index (κ1) is 26.9. The van der Waals surface area contributed by atoms with Gasteiger partial charge >= 0.3 is 12.1 Å². The number of anilines is 2. The van der Waals surface area contributed by atoms with E-state index < -0.39 is 48.3 Å². The number of nitrogens with one attached hydrogen (secondary N) is 2. The summed E-state index contributed by atoms with van der Waals surface area (Å²) >= 11 is 0. The number of hydrogen-bond donors (Lipinski definition) is 2. The van der Waals surface area contributed by atoms with Crippen LogP contribution in [0.25, 0.3) is 0 Å². The number of amides is 4. The Labute approximate surface area is 203 Å². The van der Waals surface area contributed by atoms with Gasteiger partial charge in [0.25, 0.3) is 5.91 Å². The lowest BCUT2D eigenvalue weighted by molar-refractivity contribution is -0.278. The fourth-order valence-corrected chi connectivity index (χ4v) is 3.57. The molecule has 1 fully saturated rings. The Morgan fingerprint density at radius 1 is 1.11 bits per heavy atom. The number of hydrogen-bond acceptors (Lipinski definition) is 4. The molecule has 2 atom stereocenters. The number of fused-ring (bicyclic) bond motifs is 1. The molecule has 1 aromatic rings. The van der Waals surface area contributed by atoms with Crippen molar-refractivity contribution in [1.82, 2.24) is 10.6 Å². The van der Waals surface area contributed by atoms with E-state index in [2.05, 4.69) is 11.2 Å². The third-order valence-electron chi connectivity index (χ3n) is 5.84. The lowest BCUT2D eigenvalue weighted by atomic mass is 10.1. The van der Waals surface area contributed by atoms with E-state index in [1.54, 1.807) is 24.3 Å². The largest absolute Gasteiger partial charge is 0.455 e. The quantitative estimate of drug-likeness (QED) is 0.330. The molecule has 194 valence electrons. The summed E-state index contributed by atoms with van der Waals surface area (Å²) in [6, 6.07) is 5.13. The van der Waals surface area contributed by atoms with Gasteiger partial charge in [0.1, 0.15) is 12.0 Å². The van der Waals surface area contributed by atoms with Crippen LogP contribution in [0, 0.1) is 24.2 Å². The number of carbonyl (C=O) groups is 4. The predicted molar refractivity (Wildman–Crippen MR) is 118 cm³/mol. The number of nitrogens with zero attached hydrogens (tertiary/aromatic N) is 2. The van der Waals surface area contributed by atoms with Crippen molar-refractivity contribution in [3.63, 3.8) is 0 Å². The summed E-state index contributed by atoms with van der Waals surface area (Å²) in [6.07, 6.45) is 0.853. The Balaban J connectivity index is 1.80. The third-order valence-corrected chi connectivity index (χ3v) is 5.84. The highest BCUT2D eigenvalue weighted by Gasteiger charge is 2.57. The number of para-hydroxylation sites is 2. The molecule has 13 heteroatoms. The summed E-state index contributed by atoms with van der Waals surface area (Å²) in [5.74, 6) is -8.28. The van der Waals surface area contributed by atoms with Gasteiger partial charge in [-0.2, -0.15) is 22.0 Å². The maximum atomic E-state index is 13.3.